The third-order valence-electron chi connectivity index (χ3n) is 6.44. The van der Waals surface area contributed by atoms with Crippen LogP contribution in [0.2, 0.25) is 0 Å². The Morgan fingerprint density at radius 1 is 1.21 bits per heavy atom. The monoisotopic (exact) mass is 399 g/mol. The molecule has 1 unspecified atom stereocenters. The van der Waals surface area contributed by atoms with E-state index >= 15 is 0 Å². The lowest BCUT2D eigenvalue weighted by molar-refractivity contribution is -0.958. The molecule has 2 aromatic rings. The van der Waals surface area contributed by atoms with Gasteiger partial charge in [-0.1, -0.05) is 12.5 Å². The van der Waals surface area contributed by atoms with Crippen LogP contribution in [0.15, 0.2) is 36.9 Å². The molecule has 1 N–H and O–H groups in total. The molecular formula is C22H31N4OS+. The fourth-order valence-electron chi connectivity index (χ4n) is 5.05. The maximum absolute atomic E-state index is 5.82. The van der Waals surface area contributed by atoms with Crippen LogP contribution in [0.4, 0.5) is 0 Å². The molecule has 1 saturated heterocycles. The third kappa shape index (κ3) is 3.80. The fourth-order valence-corrected chi connectivity index (χ4v) is 5.31. The number of fused-ring (bicyclic) bond motifs is 1. The first-order chi connectivity index (χ1) is 13.7. The van der Waals surface area contributed by atoms with Crippen molar-refractivity contribution in [2.75, 3.05) is 13.7 Å². The second-order valence-corrected chi connectivity index (χ2v) is 8.46. The molecule has 4 rings (SSSR count). The van der Waals surface area contributed by atoms with Crippen molar-refractivity contribution in [3.63, 3.8) is 0 Å². The number of allylic oxidation sites excluding steroid dienone is 1. The van der Waals surface area contributed by atoms with Crippen molar-refractivity contribution in [2.45, 2.75) is 57.8 Å². The minimum atomic E-state index is 0.668. The summed E-state index contributed by atoms with van der Waals surface area (Å²) in [7, 11) is 1.68. The molecule has 0 bridgehead atoms. The van der Waals surface area contributed by atoms with Crippen molar-refractivity contribution in [1.29, 1.82) is 0 Å². The van der Waals surface area contributed by atoms with E-state index in [-0.39, 0.29) is 0 Å². The number of piperidine rings is 1. The topological polar surface area (TPSA) is 36.4 Å². The summed E-state index contributed by atoms with van der Waals surface area (Å²) in [4.78, 5) is 1.66. The quantitative estimate of drug-likeness (QED) is 0.597. The molecule has 0 spiro atoms. The van der Waals surface area contributed by atoms with Crippen molar-refractivity contribution in [1.82, 2.24) is 14.3 Å². The number of aromatic nitrogens is 3. The van der Waals surface area contributed by atoms with Crippen LogP contribution in [0.25, 0.3) is 11.4 Å². The molecule has 1 aliphatic carbocycles. The van der Waals surface area contributed by atoms with Gasteiger partial charge >= 0.3 is 0 Å². The van der Waals surface area contributed by atoms with Crippen LogP contribution in [0.5, 0.6) is 5.75 Å². The number of likely N-dealkylation sites (tertiary alicyclic amines) is 1. The van der Waals surface area contributed by atoms with Gasteiger partial charge in [-0.25, -0.2) is 0 Å². The molecule has 6 heteroatoms. The van der Waals surface area contributed by atoms with Crippen LogP contribution in [0.3, 0.4) is 0 Å². The van der Waals surface area contributed by atoms with E-state index in [2.05, 4.69) is 11.1 Å². The second kappa shape index (κ2) is 8.62. The highest BCUT2D eigenvalue weighted by atomic mass is 32.1. The molecule has 150 valence electrons. The summed E-state index contributed by atoms with van der Waals surface area (Å²) in [6.07, 6.45) is 10.2. The van der Waals surface area contributed by atoms with Crippen LogP contribution >= 0.6 is 12.2 Å². The van der Waals surface area contributed by atoms with E-state index in [9.17, 15) is 0 Å². The van der Waals surface area contributed by atoms with E-state index in [0.717, 1.165) is 40.5 Å². The maximum Gasteiger partial charge on any atom is 0.203 e. The van der Waals surface area contributed by atoms with Crippen molar-refractivity contribution in [2.24, 2.45) is 5.92 Å². The van der Waals surface area contributed by atoms with Gasteiger partial charge in [0.05, 0.1) is 19.7 Å². The fraction of sp³-hybridized carbons (Fsp3) is 0.545. The molecule has 1 aromatic heterocycles. The average Bonchev–Trinajstić information content (AvgIpc) is 3.04. The van der Waals surface area contributed by atoms with Gasteiger partial charge in [-0.15, -0.1) is 11.7 Å². The van der Waals surface area contributed by atoms with E-state index in [0.29, 0.717) is 6.54 Å². The first-order valence-corrected chi connectivity index (χ1v) is 10.9. The van der Waals surface area contributed by atoms with Crippen LogP contribution in [0, 0.1) is 10.7 Å². The molecule has 2 fully saturated rings. The second-order valence-electron chi connectivity index (χ2n) is 8.09. The van der Waals surface area contributed by atoms with E-state index in [1.807, 2.05) is 35.0 Å². The Balaban J connectivity index is 1.63. The molecule has 1 aliphatic heterocycles. The average molecular weight is 400 g/mol. The minimum absolute atomic E-state index is 0.668. The van der Waals surface area contributed by atoms with Crippen molar-refractivity contribution >= 4 is 12.2 Å². The van der Waals surface area contributed by atoms with Crippen molar-refractivity contribution < 1.29 is 9.64 Å². The normalized spacial score (nSPS) is 24.5. The Bertz CT molecular complexity index is 868. The van der Waals surface area contributed by atoms with Gasteiger partial charge in [0.1, 0.15) is 5.75 Å². The van der Waals surface area contributed by atoms with E-state index in [4.69, 9.17) is 22.1 Å². The number of hydrogen-bond acceptors (Lipinski definition) is 3. The van der Waals surface area contributed by atoms with Gasteiger partial charge in [0.25, 0.3) is 0 Å². The number of quaternary nitrogens is 1. The lowest BCUT2D eigenvalue weighted by Crippen LogP contribution is -3.17. The van der Waals surface area contributed by atoms with Gasteiger partial charge < -0.3 is 9.64 Å². The highest BCUT2D eigenvalue weighted by Gasteiger charge is 2.36. The lowest BCUT2D eigenvalue weighted by atomic mass is 9.78. The van der Waals surface area contributed by atoms with Crippen LogP contribution in [0.1, 0.15) is 38.5 Å². The maximum atomic E-state index is 5.82. The Morgan fingerprint density at radius 2 is 1.96 bits per heavy atom. The molecule has 0 amide bonds. The van der Waals surface area contributed by atoms with Crippen LogP contribution in [-0.4, -0.2) is 34.0 Å². The zero-order chi connectivity index (χ0) is 19.5. The number of nitrogens with one attached hydrogen (secondary N) is 1. The summed E-state index contributed by atoms with van der Waals surface area (Å²) in [5.74, 6) is 2.64. The summed E-state index contributed by atoms with van der Waals surface area (Å²) < 4.78 is 10.2. The Kier molecular flexibility index (Phi) is 5.97. The Morgan fingerprint density at radius 3 is 2.71 bits per heavy atom. The van der Waals surface area contributed by atoms with Crippen LogP contribution < -0.4 is 9.64 Å². The molecule has 1 aromatic carbocycles. The standard InChI is InChI=1S/C22H30N4OS/c1-3-14-25-21(18-10-12-19(27-2)13-11-18)23-26(22(25)28)16-24-15-6-8-17-7-4-5-9-20(17)24/h3,10-13,17,20H,1,4-9,14-16H2,2H3/p+1/t17-,20+/m1/s1. The third-order valence-corrected chi connectivity index (χ3v) is 6.87. The largest absolute Gasteiger partial charge is 0.497 e. The first kappa shape index (κ1) is 19.4. The van der Waals surface area contributed by atoms with E-state index < -0.39 is 0 Å². The Labute approximate surface area is 172 Å². The molecule has 2 aliphatic rings. The van der Waals surface area contributed by atoms with Gasteiger partial charge in [0.2, 0.25) is 4.77 Å². The predicted octanol–water partition coefficient (Wildman–Crippen LogP) is 3.47. The minimum Gasteiger partial charge on any atom is -0.497 e. The highest BCUT2D eigenvalue weighted by molar-refractivity contribution is 7.71. The SMILES string of the molecule is C=CCn1c(-c2ccc(OC)cc2)nn(C[NH+]2CCC[C@H]3CCCC[C@@H]32)c1=S. The van der Waals surface area contributed by atoms with Gasteiger partial charge in [0.15, 0.2) is 12.5 Å². The van der Waals surface area contributed by atoms with E-state index in [1.54, 1.807) is 12.0 Å². The summed E-state index contributed by atoms with van der Waals surface area (Å²) in [5.41, 5.74) is 1.05. The zero-order valence-corrected chi connectivity index (χ0v) is 17.6. The molecule has 5 nitrogen and oxygen atoms in total. The van der Waals surface area contributed by atoms with Gasteiger partial charge in [-0.3, -0.25) is 4.57 Å². The molecule has 3 atom stereocenters. The molecule has 0 radical (unpaired) electrons. The lowest BCUT2D eigenvalue weighted by Gasteiger charge is -2.40. The van der Waals surface area contributed by atoms with Crippen molar-refractivity contribution in [3.8, 4) is 17.1 Å². The number of benzene rings is 1. The van der Waals surface area contributed by atoms with Gasteiger partial charge in [-0.2, -0.15) is 4.68 Å². The molecular weight excluding hydrogens is 368 g/mol. The van der Waals surface area contributed by atoms with Crippen LogP contribution in [-0.2, 0) is 13.2 Å². The number of ether oxygens (including phenoxy) is 1. The van der Waals surface area contributed by atoms with Gasteiger partial charge in [-0.05, 0) is 68.6 Å². The zero-order valence-electron chi connectivity index (χ0n) is 16.8. The summed E-state index contributed by atoms with van der Waals surface area (Å²) in [6.45, 7) is 6.68. The smallest absolute Gasteiger partial charge is 0.203 e. The predicted molar refractivity (Wildman–Crippen MR) is 114 cm³/mol. The number of hydrogen-bond donors (Lipinski definition) is 1. The van der Waals surface area contributed by atoms with Crippen molar-refractivity contribution in [3.05, 3.63) is 41.7 Å². The van der Waals surface area contributed by atoms with Gasteiger partial charge in [0, 0.05) is 18.0 Å². The number of rotatable bonds is 6. The Hall–Kier alpha value is -1.92. The van der Waals surface area contributed by atoms with E-state index in [1.165, 1.54) is 45.1 Å². The molecule has 2 heterocycles. The molecule has 28 heavy (non-hydrogen) atoms. The highest BCUT2D eigenvalue weighted by Crippen LogP contribution is 2.28. The summed E-state index contributed by atoms with van der Waals surface area (Å²) in [6, 6.07) is 8.81. The molecule has 1 saturated carbocycles. The first-order valence-electron chi connectivity index (χ1n) is 10.5. The summed E-state index contributed by atoms with van der Waals surface area (Å²) in [5, 5.41) is 4.95. The number of methoxy groups -OCH3 is 1. The number of nitrogens with zero attached hydrogens (tertiary/aromatic N) is 3. The summed E-state index contributed by atoms with van der Waals surface area (Å²) >= 11 is 5.82.